The molecule has 0 saturated carbocycles. The average Bonchev–Trinajstić information content (AvgIpc) is 3.07. The summed E-state index contributed by atoms with van der Waals surface area (Å²) in [5.74, 6) is 0.983. The zero-order chi connectivity index (χ0) is 17.1. The van der Waals surface area contributed by atoms with Crippen LogP contribution in [0.2, 0.25) is 0 Å². The van der Waals surface area contributed by atoms with E-state index in [1.54, 1.807) is 12.1 Å². The van der Waals surface area contributed by atoms with E-state index in [0.717, 1.165) is 24.3 Å². The van der Waals surface area contributed by atoms with Crippen LogP contribution in [0, 0.1) is 0 Å². The van der Waals surface area contributed by atoms with E-state index in [0.29, 0.717) is 22.8 Å². The third-order valence-corrected chi connectivity index (χ3v) is 4.02. The fraction of sp³-hybridized carbons (Fsp3) is 0.278. The monoisotopic (exact) mass is 364 g/mol. The standard InChI is InChI=1S/C18H20N2O4.ClH/c1-22-15-7-5-13(16(23-2)17(15)24-3)18(21)20-12-4-6-14-11(10-12)8-9-19-14;/h4-7,10,19H,8-9H2,1-3H3,(H,20,21);1H. The summed E-state index contributed by atoms with van der Waals surface area (Å²) < 4.78 is 15.9. The highest BCUT2D eigenvalue weighted by atomic mass is 35.5. The maximum atomic E-state index is 12.7. The largest absolute Gasteiger partial charge is 0.493 e. The van der Waals surface area contributed by atoms with E-state index < -0.39 is 0 Å². The van der Waals surface area contributed by atoms with E-state index >= 15 is 0 Å². The van der Waals surface area contributed by atoms with Gasteiger partial charge in [0, 0.05) is 17.9 Å². The molecule has 0 spiro atoms. The van der Waals surface area contributed by atoms with E-state index in [4.69, 9.17) is 14.2 Å². The van der Waals surface area contributed by atoms with Crippen LogP contribution in [-0.4, -0.2) is 33.8 Å². The SMILES string of the molecule is COc1ccc(C(=O)Nc2ccc3c(c2)CCN3)c(OC)c1OC.Cl. The van der Waals surface area contributed by atoms with Crippen molar-refractivity contribution >= 4 is 29.7 Å². The predicted octanol–water partition coefficient (Wildman–Crippen LogP) is 3.35. The first-order chi connectivity index (χ1) is 11.7. The van der Waals surface area contributed by atoms with Crippen LogP contribution in [0.1, 0.15) is 15.9 Å². The van der Waals surface area contributed by atoms with Crippen molar-refractivity contribution in [2.24, 2.45) is 0 Å². The lowest BCUT2D eigenvalue weighted by molar-refractivity contribution is 0.102. The Morgan fingerprint density at radius 2 is 1.80 bits per heavy atom. The van der Waals surface area contributed by atoms with E-state index in [1.165, 1.54) is 26.9 Å². The van der Waals surface area contributed by atoms with Gasteiger partial charge in [-0.1, -0.05) is 0 Å². The van der Waals surface area contributed by atoms with Crippen molar-refractivity contribution in [3.63, 3.8) is 0 Å². The Bertz CT molecular complexity index is 780. The molecule has 0 saturated heterocycles. The van der Waals surface area contributed by atoms with Crippen LogP contribution in [0.4, 0.5) is 11.4 Å². The zero-order valence-electron chi connectivity index (χ0n) is 14.3. The van der Waals surface area contributed by atoms with Gasteiger partial charge in [0.15, 0.2) is 11.5 Å². The molecule has 0 bridgehead atoms. The molecule has 0 aliphatic carbocycles. The van der Waals surface area contributed by atoms with Crippen molar-refractivity contribution in [3.8, 4) is 17.2 Å². The minimum Gasteiger partial charge on any atom is -0.493 e. The molecule has 7 heteroatoms. The van der Waals surface area contributed by atoms with Gasteiger partial charge in [0.25, 0.3) is 5.91 Å². The third-order valence-electron chi connectivity index (χ3n) is 4.02. The summed E-state index contributed by atoms with van der Waals surface area (Å²) in [5.41, 5.74) is 3.46. The number of methoxy groups -OCH3 is 3. The molecule has 134 valence electrons. The second kappa shape index (κ2) is 7.98. The molecule has 25 heavy (non-hydrogen) atoms. The summed E-state index contributed by atoms with van der Waals surface area (Å²) in [5, 5.41) is 6.20. The molecular weight excluding hydrogens is 344 g/mol. The van der Waals surface area contributed by atoms with Gasteiger partial charge in [0.1, 0.15) is 0 Å². The number of hydrogen-bond donors (Lipinski definition) is 2. The molecular formula is C18H21ClN2O4. The smallest absolute Gasteiger partial charge is 0.259 e. The molecule has 0 atom stereocenters. The van der Waals surface area contributed by atoms with Crippen molar-refractivity contribution in [2.45, 2.75) is 6.42 Å². The molecule has 2 aromatic rings. The summed E-state index contributed by atoms with van der Waals surface area (Å²) >= 11 is 0. The summed E-state index contributed by atoms with van der Waals surface area (Å²) in [4.78, 5) is 12.7. The normalized spacial score (nSPS) is 11.6. The summed E-state index contributed by atoms with van der Waals surface area (Å²) in [7, 11) is 4.54. The number of hydrogen-bond acceptors (Lipinski definition) is 5. The fourth-order valence-electron chi connectivity index (χ4n) is 2.86. The van der Waals surface area contributed by atoms with Crippen molar-refractivity contribution in [2.75, 3.05) is 38.5 Å². The van der Waals surface area contributed by atoms with Gasteiger partial charge in [-0.25, -0.2) is 0 Å². The van der Waals surface area contributed by atoms with Gasteiger partial charge in [-0.05, 0) is 42.3 Å². The van der Waals surface area contributed by atoms with Crippen LogP contribution in [0.5, 0.6) is 17.2 Å². The van der Waals surface area contributed by atoms with Crippen LogP contribution < -0.4 is 24.8 Å². The molecule has 1 aliphatic rings. The first-order valence-corrected chi connectivity index (χ1v) is 7.65. The van der Waals surface area contributed by atoms with Gasteiger partial charge in [0.05, 0.1) is 26.9 Å². The van der Waals surface area contributed by atoms with Crippen molar-refractivity contribution < 1.29 is 19.0 Å². The lowest BCUT2D eigenvalue weighted by atomic mass is 10.1. The molecule has 0 unspecified atom stereocenters. The number of nitrogens with one attached hydrogen (secondary N) is 2. The number of ether oxygens (including phenoxy) is 3. The van der Waals surface area contributed by atoms with E-state index in [-0.39, 0.29) is 18.3 Å². The maximum Gasteiger partial charge on any atom is 0.259 e. The number of carbonyl (C=O) groups is 1. The molecule has 6 nitrogen and oxygen atoms in total. The summed E-state index contributed by atoms with van der Waals surface area (Å²) in [6.07, 6.45) is 0.957. The summed E-state index contributed by atoms with van der Waals surface area (Å²) in [6, 6.07) is 9.18. The highest BCUT2D eigenvalue weighted by Crippen LogP contribution is 2.40. The van der Waals surface area contributed by atoms with Gasteiger partial charge in [-0.3, -0.25) is 4.79 Å². The average molecular weight is 365 g/mol. The molecule has 1 heterocycles. The Morgan fingerprint density at radius 3 is 2.48 bits per heavy atom. The third kappa shape index (κ3) is 3.58. The number of carbonyl (C=O) groups excluding carboxylic acids is 1. The van der Waals surface area contributed by atoms with Gasteiger partial charge in [0.2, 0.25) is 5.75 Å². The second-order valence-corrected chi connectivity index (χ2v) is 5.38. The molecule has 1 aliphatic heterocycles. The maximum absolute atomic E-state index is 12.7. The quantitative estimate of drug-likeness (QED) is 0.851. The zero-order valence-corrected chi connectivity index (χ0v) is 15.2. The van der Waals surface area contributed by atoms with Gasteiger partial charge in [-0.15, -0.1) is 12.4 Å². The lowest BCUT2D eigenvalue weighted by Gasteiger charge is -2.15. The van der Waals surface area contributed by atoms with Gasteiger partial charge >= 0.3 is 0 Å². The fourth-order valence-corrected chi connectivity index (χ4v) is 2.86. The minimum atomic E-state index is -0.265. The van der Waals surface area contributed by atoms with Crippen LogP contribution >= 0.6 is 12.4 Å². The topological polar surface area (TPSA) is 68.8 Å². The Balaban J connectivity index is 0.00000225. The molecule has 2 N–H and O–H groups in total. The lowest BCUT2D eigenvalue weighted by Crippen LogP contribution is -2.14. The Morgan fingerprint density at radius 1 is 1.04 bits per heavy atom. The summed E-state index contributed by atoms with van der Waals surface area (Å²) in [6.45, 7) is 0.927. The van der Waals surface area contributed by atoms with Crippen molar-refractivity contribution in [3.05, 3.63) is 41.5 Å². The number of halogens is 1. The molecule has 0 fully saturated rings. The van der Waals surface area contributed by atoms with Crippen LogP contribution in [0.3, 0.4) is 0 Å². The molecule has 1 amide bonds. The first-order valence-electron chi connectivity index (χ1n) is 7.65. The van der Waals surface area contributed by atoms with E-state index in [1.807, 2.05) is 18.2 Å². The highest BCUT2D eigenvalue weighted by Gasteiger charge is 2.21. The molecule has 2 aromatic carbocycles. The number of amides is 1. The van der Waals surface area contributed by atoms with Gasteiger partial charge in [-0.2, -0.15) is 0 Å². The second-order valence-electron chi connectivity index (χ2n) is 5.38. The Labute approximate surface area is 152 Å². The van der Waals surface area contributed by atoms with Gasteiger partial charge < -0.3 is 24.8 Å². The number of fused-ring (bicyclic) bond motifs is 1. The van der Waals surface area contributed by atoms with Crippen LogP contribution in [-0.2, 0) is 6.42 Å². The molecule has 0 aromatic heterocycles. The Hall–Kier alpha value is -2.60. The molecule has 0 radical (unpaired) electrons. The predicted molar refractivity (Wildman–Crippen MR) is 99.9 cm³/mol. The number of rotatable bonds is 5. The van der Waals surface area contributed by atoms with Crippen LogP contribution in [0.25, 0.3) is 0 Å². The number of benzene rings is 2. The highest BCUT2D eigenvalue weighted by molar-refractivity contribution is 6.07. The van der Waals surface area contributed by atoms with Crippen molar-refractivity contribution in [1.29, 1.82) is 0 Å². The number of anilines is 2. The molecule has 3 rings (SSSR count). The van der Waals surface area contributed by atoms with Crippen LogP contribution in [0.15, 0.2) is 30.3 Å². The van der Waals surface area contributed by atoms with E-state index in [9.17, 15) is 4.79 Å². The Kier molecular flexibility index (Phi) is 5.98. The van der Waals surface area contributed by atoms with Crippen molar-refractivity contribution in [1.82, 2.24) is 0 Å². The van der Waals surface area contributed by atoms with E-state index in [2.05, 4.69) is 10.6 Å². The first kappa shape index (κ1) is 18.7. The minimum absolute atomic E-state index is 0.